The van der Waals surface area contributed by atoms with Crippen molar-refractivity contribution in [1.29, 1.82) is 0 Å². The van der Waals surface area contributed by atoms with Gasteiger partial charge in [0, 0.05) is 30.8 Å². The van der Waals surface area contributed by atoms with Crippen LogP contribution >= 0.6 is 0 Å². The summed E-state index contributed by atoms with van der Waals surface area (Å²) in [5.74, 6) is -0.212. The topological polar surface area (TPSA) is 108 Å². The van der Waals surface area contributed by atoms with Gasteiger partial charge in [-0.25, -0.2) is 8.42 Å². The third-order valence-electron chi connectivity index (χ3n) is 7.54. The monoisotopic (exact) mass is 645 g/mol. The Bertz CT molecular complexity index is 1600. The third-order valence-corrected chi connectivity index (χ3v) is 9.40. The summed E-state index contributed by atoms with van der Waals surface area (Å²) < 4.78 is 72.3. The van der Waals surface area contributed by atoms with Gasteiger partial charge < -0.3 is 20.5 Å². The van der Waals surface area contributed by atoms with Crippen LogP contribution in [0.15, 0.2) is 72.8 Å². The maximum atomic E-state index is 13.7. The van der Waals surface area contributed by atoms with Crippen LogP contribution in [0.4, 0.5) is 18.9 Å². The molecule has 242 valence electrons. The number of carbonyl (C=O) groups is 1. The molecule has 0 unspecified atom stereocenters. The minimum absolute atomic E-state index is 0.00955. The maximum absolute atomic E-state index is 13.7. The quantitative estimate of drug-likeness (QED) is 0.251. The predicted molar refractivity (Wildman–Crippen MR) is 169 cm³/mol. The molecule has 0 aliphatic carbocycles. The van der Waals surface area contributed by atoms with Gasteiger partial charge in [0.05, 0.1) is 36.3 Å². The number of nitrogens with zero attached hydrogens (tertiary/aromatic N) is 1. The standard InChI is InChI=1S/C33H38F3N3O5S/c1-3-10-25-19-26(20-29(31(25)44-2)39-15-7-8-16-45(39,42)43)32(41)38-28(18-23-11-5-4-6-12-23)30(40)22-37-21-24-13-9-14-27(17-24)33(34,35)36/h3-6,9-14,17,19-20,28,30,37,40H,7-8,15-16,18,21-22H2,1-2H3,(H,38,41)/t28-,30+/m0/s1. The highest BCUT2D eigenvalue weighted by Crippen LogP contribution is 2.38. The molecular formula is C33H38F3N3O5S. The highest BCUT2D eigenvalue weighted by atomic mass is 32.2. The number of aliphatic hydroxyl groups is 1. The molecule has 1 saturated heterocycles. The van der Waals surface area contributed by atoms with Gasteiger partial charge in [0.1, 0.15) is 5.75 Å². The van der Waals surface area contributed by atoms with Gasteiger partial charge in [0.2, 0.25) is 10.0 Å². The van der Waals surface area contributed by atoms with Crippen LogP contribution in [-0.2, 0) is 29.2 Å². The molecule has 3 aromatic carbocycles. The number of anilines is 1. The fraction of sp³-hybridized carbons (Fsp3) is 0.364. The molecule has 0 saturated carbocycles. The molecule has 4 rings (SSSR count). The zero-order valence-electron chi connectivity index (χ0n) is 25.2. The van der Waals surface area contributed by atoms with Crippen molar-refractivity contribution < 1.29 is 36.2 Å². The summed E-state index contributed by atoms with van der Waals surface area (Å²) in [6.45, 7) is 2.11. The van der Waals surface area contributed by atoms with E-state index in [0.717, 1.165) is 17.7 Å². The lowest BCUT2D eigenvalue weighted by Crippen LogP contribution is -2.48. The number of hydrogen-bond donors (Lipinski definition) is 3. The van der Waals surface area contributed by atoms with Crippen LogP contribution in [0, 0.1) is 0 Å². The van der Waals surface area contributed by atoms with Gasteiger partial charge in [-0.3, -0.25) is 9.10 Å². The van der Waals surface area contributed by atoms with E-state index in [1.54, 1.807) is 31.2 Å². The second-order valence-electron chi connectivity index (χ2n) is 10.9. The van der Waals surface area contributed by atoms with Gasteiger partial charge in [-0.05, 0) is 55.5 Å². The summed E-state index contributed by atoms with van der Waals surface area (Å²) in [6, 6.07) is 16.5. The van der Waals surface area contributed by atoms with Crippen molar-refractivity contribution in [2.45, 2.75) is 51.1 Å². The SMILES string of the molecule is CC=Cc1cc(C(=O)N[C@@H](Cc2ccccc2)[C@H](O)CNCc2cccc(C(F)(F)F)c2)cc(N2CCCCS2(=O)=O)c1OC. The van der Waals surface area contributed by atoms with Crippen LogP contribution < -0.4 is 19.7 Å². The van der Waals surface area contributed by atoms with Crippen LogP contribution in [0.25, 0.3) is 6.08 Å². The van der Waals surface area contributed by atoms with Crippen molar-refractivity contribution in [3.8, 4) is 5.75 Å². The highest BCUT2D eigenvalue weighted by Gasteiger charge is 2.32. The Hall–Kier alpha value is -3.87. The summed E-state index contributed by atoms with van der Waals surface area (Å²) in [5, 5.41) is 17.1. The number of halogens is 3. The molecule has 12 heteroatoms. The van der Waals surface area contributed by atoms with Crippen LogP contribution in [0.3, 0.4) is 0 Å². The summed E-state index contributed by atoms with van der Waals surface area (Å²) in [4.78, 5) is 13.7. The molecule has 1 aliphatic heterocycles. The van der Waals surface area contributed by atoms with Gasteiger partial charge >= 0.3 is 6.18 Å². The Kier molecular flexibility index (Phi) is 11.3. The maximum Gasteiger partial charge on any atom is 0.416 e. The van der Waals surface area contributed by atoms with Crippen molar-refractivity contribution in [3.63, 3.8) is 0 Å². The molecule has 3 aromatic rings. The molecule has 0 aromatic heterocycles. The number of ether oxygens (including phenoxy) is 1. The normalized spacial score (nSPS) is 16.4. The number of alkyl halides is 3. The molecule has 3 N–H and O–H groups in total. The minimum Gasteiger partial charge on any atom is -0.494 e. The molecular weight excluding hydrogens is 607 g/mol. The number of allylic oxidation sites excluding steroid dienone is 1. The number of sulfonamides is 1. The molecule has 2 atom stereocenters. The Morgan fingerprint density at radius 3 is 2.47 bits per heavy atom. The summed E-state index contributed by atoms with van der Waals surface area (Å²) in [6.07, 6.45) is -0.622. The molecule has 8 nitrogen and oxygen atoms in total. The van der Waals surface area contributed by atoms with E-state index < -0.39 is 39.8 Å². The van der Waals surface area contributed by atoms with E-state index in [9.17, 15) is 31.5 Å². The summed E-state index contributed by atoms with van der Waals surface area (Å²) in [5.41, 5.74) is 1.46. The number of aliphatic hydroxyl groups excluding tert-OH is 1. The van der Waals surface area contributed by atoms with Gasteiger partial charge in [-0.2, -0.15) is 13.2 Å². The van der Waals surface area contributed by atoms with Crippen molar-refractivity contribution in [1.82, 2.24) is 10.6 Å². The van der Waals surface area contributed by atoms with Crippen LogP contribution in [0.2, 0.25) is 0 Å². The van der Waals surface area contributed by atoms with Crippen molar-refractivity contribution >= 4 is 27.7 Å². The number of amides is 1. The number of benzene rings is 3. The highest BCUT2D eigenvalue weighted by molar-refractivity contribution is 7.92. The first-order chi connectivity index (χ1) is 21.4. The Balaban J connectivity index is 1.58. The predicted octanol–water partition coefficient (Wildman–Crippen LogP) is 5.17. The van der Waals surface area contributed by atoms with Crippen LogP contribution in [0.1, 0.15) is 52.4 Å². The minimum atomic E-state index is -4.47. The zero-order valence-corrected chi connectivity index (χ0v) is 26.0. The number of hydrogen-bond acceptors (Lipinski definition) is 6. The first-order valence-electron chi connectivity index (χ1n) is 14.7. The van der Waals surface area contributed by atoms with Crippen LogP contribution in [0.5, 0.6) is 5.75 Å². The van der Waals surface area contributed by atoms with Crippen molar-refractivity contribution in [3.05, 3.63) is 101 Å². The number of rotatable bonds is 12. The Labute approximate surface area is 262 Å². The fourth-order valence-corrected chi connectivity index (χ4v) is 6.94. The van der Waals surface area contributed by atoms with E-state index in [-0.39, 0.29) is 43.1 Å². The Morgan fingerprint density at radius 1 is 1.07 bits per heavy atom. The van der Waals surface area contributed by atoms with Crippen molar-refractivity contribution in [2.24, 2.45) is 0 Å². The Morgan fingerprint density at radius 2 is 1.80 bits per heavy atom. The van der Waals surface area contributed by atoms with E-state index >= 15 is 0 Å². The average Bonchev–Trinajstić information content (AvgIpc) is 3.00. The van der Waals surface area contributed by atoms with Gasteiger partial charge in [0.15, 0.2) is 0 Å². The molecule has 0 bridgehead atoms. The number of nitrogens with one attached hydrogen (secondary N) is 2. The molecule has 45 heavy (non-hydrogen) atoms. The number of carbonyl (C=O) groups excluding carboxylic acids is 1. The number of methoxy groups -OCH3 is 1. The second kappa shape index (κ2) is 14.9. The lowest BCUT2D eigenvalue weighted by Gasteiger charge is -2.30. The first-order valence-corrected chi connectivity index (χ1v) is 16.3. The van der Waals surface area contributed by atoms with E-state index in [1.807, 2.05) is 30.3 Å². The summed E-state index contributed by atoms with van der Waals surface area (Å²) in [7, 11) is -2.17. The lowest BCUT2D eigenvalue weighted by molar-refractivity contribution is -0.137. The molecule has 1 aliphatic rings. The van der Waals surface area contributed by atoms with Gasteiger partial charge in [0.25, 0.3) is 5.91 Å². The first kappa shape index (κ1) is 34.0. The molecule has 1 amide bonds. The molecule has 0 radical (unpaired) electrons. The van der Waals surface area contributed by atoms with Crippen molar-refractivity contribution in [2.75, 3.05) is 30.3 Å². The fourth-order valence-electron chi connectivity index (χ4n) is 5.30. The molecule has 0 spiro atoms. The molecule has 1 heterocycles. The second-order valence-corrected chi connectivity index (χ2v) is 12.9. The van der Waals surface area contributed by atoms with E-state index in [4.69, 9.17) is 4.74 Å². The molecule has 1 fully saturated rings. The van der Waals surface area contributed by atoms with Gasteiger partial charge in [-0.15, -0.1) is 0 Å². The zero-order chi connectivity index (χ0) is 32.6. The summed E-state index contributed by atoms with van der Waals surface area (Å²) >= 11 is 0. The van der Waals surface area contributed by atoms with Gasteiger partial charge in [-0.1, -0.05) is 60.7 Å². The van der Waals surface area contributed by atoms with E-state index in [2.05, 4.69) is 10.6 Å². The average molecular weight is 646 g/mol. The van der Waals surface area contributed by atoms with Crippen LogP contribution in [-0.4, -0.2) is 57.5 Å². The smallest absolute Gasteiger partial charge is 0.416 e. The third kappa shape index (κ3) is 8.86. The van der Waals surface area contributed by atoms with E-state index in [1.165, 1.54) is 23.5 Å². The van der Waals surface area contributed by atoms with E-state index in [0.29, 0.717) is 29.7 Å². The lowest BCUT2D eigenvalue weighted by atomic mass is 9.99. The largest absolute Gasteiger partial charge is 0.494 e.